The van der Waals surface area contributed by atoms with Gasteiger partial charge in [-0.05, 0) is 18.8 Å². The fraction of sp³-hybridized carbons (Fsp3) is 0.778. The van der Waals surface area contributed by atoms with Crippen molar-refractivity contribution in [1.82, 2.24) is 10.2 Å². The van der Waals surface area contributed by atoms with Crippen LogP contribution in [0, 0.1) is 5.92 Å². The van der Waals surface area contributed by atoms with Crippen LogP contribution in [-0.2, 0) is 4.79 Å². The first-order valence-corrected chi connectivity index (χ1v) is 4.90. The summed E-state index contributed by atoms with van der Waals surface area (Å²) >= 11 is 0. The number of piperidine rings is 1. The van der Waals surface area contributed by atoms with E-state index in [9.17, 15) is 9.59 Å². The number of nitrogens with zero attached hydrogens (tertiary/aromatic N) is 1. The van der Waals surface area contributed by atoms with Crippen molar-refractivity contribution < 1.29 is 9.59 Å². The molecule has 0 aliphatic carbocycles. The molecule has 0 bridgehead atoms. The molecule has 0 aromatic carbocycles. The maximum atomic E-state index is 11.5. The maximum absolute atomic E-state index is 11.5. The second kappa shape index (κ2) is 4.83. The van der Waals surface area contributed by atoms with Gasteiger partial charge >= 0.3 is 6.03 Å². The van der Waals surface area contributed by atoms with Gasteiger partial charge in [-0.1, -0.05) is 6.92 Å². The Labute approximate surface area is 83.6 Å². The molecule has 5 heteroatoms. The van der Waals surface area contributed by atoms with Crippen molar-refractivity contribution in [2.75, 3.05) is 19.6 Å². The highest BCUT2D eigenvalue weighted by atomic mass is 16.2. The predicted octanol–water partition coefficient (Wildman–Crippen LogP) is -0.0868. The van der Waals surface area contributed by atoms with E-state index in [-0.39, 0.29) is 12.5 Å². The molecule has 3 N–H and O–H groups in total. The summed E-state index contributed by atoms with van der Waals surface area (Å²) in [4.78, 5) is 23.7. The lowest BCUT2D eigenvalue weighted by atomic mass is 10.0. The number of carbonyl (C=O) groups is 2. The van der Waals surface area contributed by atoms with Gasteiger partial charge in [0.05, 0.1) is 6.54 Å². The van der Waals surface area contributed by atoms with Crippen molar-refractivity contribution in [2.45, 2.75) is 19.8 Å². The first-order chi connectivity index (χ1) is 6.59. The molecular weight excluding hydrogens is 182 g/mol. The van der Waals surface area contributed by atoms with Crippen molar-refractivity contribution in [2.24, 2.45) is 11.7 Å². The van der Waals surface area contributed by atoms with E-state index < -0.39 is 6.03 Å². The summed E-state index contributed by atoms with van der Waals surface area (Å²) in [6.07, 6.45) is 2.22. The molecule has 0 aromatic heterocycles. The van der Waals surface area contributed by atoms with Gasteiger partial charge in [0.1, 0.15) is 0 Å². The minimum absolute atomic E-state index is 0.0159. The third-order valence-corrected chi connectivity index (χ3v) is 2.42. The number of likely N-dealkylation sites (tertiary alicyclic amines) is 1. The van der Waals surface area contributed by atoms with Crippen molar-refractivity contribution in [1.29, 1.82) is 0 Å². The van der Waals surface area contributed by atoms with Crippen LogP contribution < -0.4 is 11.1 Å². The van der Waals surface area contributed by atoms with Gasteiger partial charge in [0.15, 0.2) is 0 Å². The molecule has 14 heavy (non-hydrogen) atoms. The van der Waals surface area contributed by atoms with E-state index in [1.165, 1.54) is 6.42 Å². The van der Waals surface area contributed by atoms with Crippen LogP contribution in [0.25, 0.3) is 0 Å². The van der Waals surface area contributed by atoms with Gasteiger partial charge in [0, 0.05) is 13.1 Å². The number of nitrogens with one attached hydrogen (secondary N) is 1. The molecule has 1 saturated heterocycles. The van der Waals surface area contributed by atoms with Crippen molar-refractivity contribution in [3.8, 4) is 0 Å². The monoisotopic (exact) mass is 199 g/mol. The molecule has 1 heterocycles. The normalized spacial score (nSPS) is 21.8. The van der Waals surface area contributed by atoms with Crippen LogP contribution in [0.1, 0.15) is 19.8 Å². The minimum atomic E-state index is -0.650. The summed E-state index contributed by atoms with van der Waals surface area (Å²) in [5.74, 6) is 0.511. The number of urea groups is 1. The Morgan fingerprint density at radius 1 is 1.57 bits per heavy atom. The Kier molecular flexibility index (Phi) is 3.73. The van der Waals surface area contributed by atoms with Crippen LogP contribution in [0.3, 0.4) is 0 Å². The molecule has 80 valence electrons. The summed E-state index contributed by atoms with van der Waals surface area (Å²) in [5.41, 5.74) is 4.88. The van der Waals surface area contributed by atoms with Crippen molar-refractivity contribution in [3.05, 3.63) is 0 Å². The van der Waals surface area contributed by atoms with E-state index in [1.54, 1.807) is 4.90 Å². The molecule has 0 spiro atoms. The molecule has 5 nitrogen and oxygen atoms in total. The van der Waals surface area contributed by atoms with Gasteiger partial charge < -0.3 is 16.0 Å². The number of nitrogens with two attached hydrogens (primary N) is 1. The summed E-state index contributed by atoms with van der Waals surface area (Å²) in [5, 5.41) is 2.31. The molecule has 1 fully saturated rings. The Hall–Kier alpha value is -1.26. The molecule has 3 amide bonds. The highest BCUT2D eigenvalue weighted by Gasteiger charge is 2.20. The standard InChI is InChI=1S/C9H17N3O2/c1-7-3-2-4-12(6-7)8(13)5-11-9(10)14/h7H,2-6H2,1H3,(H3,10,11,14). The third-order valence-electron chi connectivity index (χ3n) is 2.42. The highest BCUT2D eigenvalue weighted by Crippen LogP contribution is 2.14. The Balaban J connectivity index is 2.32. The van der Waals surface area contributed by atoms with Crippen molar-refractivity contribution >= 4 is 11.9 Å². The highest BCUT2D eigenvalue weighted by molar-refractivity contribution is 5.83. The number of primary amides is 1. The minimum Gasteiger partial charge on any atom is -0.352 e. The smallest absolute Gasteiger partial charge is 0.312 e. The zero-order chi connectivity index (χ0) is 10.6. The number of carbonyl (C=O) groups excluding carboxylic acids is 2. The molecule has 0 radical (unpaired) electrons. The summed E-state index contributed by atoms with van der Waals surface area (Å²) < 4.78 is 0. The summed E-state index contributed by atoms with van der Waals surface area (Å²) in [7, 11) is 0. The van der Waals surface area contributed by atoms with E-state index >= 15 is 0 Å². The first kappa shape index (κ1) is 10.8. The third kappa shape index (κ3) is 3.24. The van der Waals surface area contributed by atoms with Crippen LogP contribution in [0.5, 0.6) is 0 Å². The fourth-order valence-corrected chi connectivity index (χ4v) is 1.69. The topological polar surface area (TPSA) is 75.4 Å². The molecule has 0 aromatic rings. The Bertz CT molecular complexity index is 230. The van der Waals surface area contributed by atoms with Crippen LogP contribution in [0.2, 0.25) is 0 Å². The molecular formula is C9H17N3O2. The Morgan fingerprint density at radius 3 is 2.86 bits per heavy atom. The Morgan fingerprint density at radius 2 is 2.29 bits per heavy atom. The van der Waals surface area contributed by atoms with Gasteiger partial charge in [-0.2, -0.15) is 0 Å². The van der Waals surface area contributed by atoms with Gasteiger partial charge in [-0.15, -0.1) is 0 Å². The first-order valence-electron chi connectivity index (χ1n) is 4.90. The molecule has 1 atom stereocenters. The SMILES string of the molecule is CC1CCCN(C(=O)CNC(N)=O)C1. The zero-order valence-corrected chi connectivity index (χ0v) is 8.45. The number of amides is 3. The lowest BCUT2D eigenvalue weighted by Crippen LogP contribution is -2.45. The molecule has 0 saturated carbocycles. The molecule has 1 aliphatic heterocycles. The average Bonchev–Trinajstić information content (AvgIpc) is 2.14. The lowest BCUT2D eigenvalue weighted by Gasteiger charge is -2.30. The maximum Gasteiger partial charge on any atom is 0.312 e. The number of rotatable bonds is 2. The van der Waals surface area contributed by atoms with Gasteiger partial charge in [-0.25, -0.2) is 4.79 Å². The quantitative estimate of drug-likeness (QED) is 0.652. The van der Waals surface area contributed by atoms with E-state index in [2.05, 4.69) is 12.2 Å². The van der Waals surface area contributed by atoms with Crippen LogP contribution in [0.4, 0.5) is 4.79 Å². The second-order valence-corrected chi connectivity index (χ2v) is 3.80. The molecule has 1 unspecified atom stereocenters. The fourth-order valence-electron chi connectivity index (χ4n) is 1.69. The lowest BCUT2D eigenvalue weighted by molar-refractivity contribution is -0.131. The average molecular weight is 199 g/mol. The van der Waals surface area contributed by atoms with Gasteiger partial charge in [0.25, 0.3) is 0 Å². The summed E-state index contributed by atoms with van der Waals surface area (Å²) in [6.45, 7) is 3.73. The van der Waals surface area contributed by atoms with E-state index in [4.69, 9.17) is 5.73 Å². The second-order valence-electron chi connectivity index (χ2n) is 3.80. The van der Waals surface area contributed by atoms with Gasteiger partial charge in [-0.3, -0.25) is 4.79 Å². The van der Waals surface area contributed by atoms with E-state index in [1.807, 2.05) is 0 Å². The summed E-state index contributed by atoms with van der Waals surface area (Å²) in [6, 6.07) is -0.650. The van der Waals surface area contributed by atoms with Crippen molar-refractivity contribution in [3.63, 3.8) is 0 Å². The van der Waals surface area contributed by atoms with Crippen LogP contribution in [0.15, 0.2) is 0 Å². The number of hydrogen-bond donors (Lipinski definition) is 2. The zero-order valence-electron chi connectivity index (χ0n) is 8.45. The predicted molar refractivity (Wildman–Crippen MR) is 52.6 cm³/mol. The van der Waals surface area contributed by atoms with E-state index in [0.29, 0.717) is 5.92 Å². The number of hydrogen-bond acceptors (Lipinski definition) is 2. The van der Waals surface area contributed by atoms with Crippen LogP contribution >= 0.6 is 0 Å². The molecule has 1 rings (SSSR count). The van der Waals surface area contributed by atoms with E-state index in [0.717, 1.165) is 19.5 Å². The largest absolute Gasteiger partial charge is 0.352 e. The molecule has 1 aliphatic rings. The van der Waals surface area contributed by atoms with Crippen LogP contribution in [-0.4, -0.2) is 36.5 Å². The van der Waals surface area contributed by atoms with Gasteiger partial charge in [0.2, 0.25) is 5.91 Å².